The second kappa shape index (κ2) is 8.29. The van der Waals surface area contributed by atoms with E-state index in [1.54, 1.807) is 12.1 Å². The molecule has 1 aromatic heterocycles. The van der Waals surface area contributed by atoms with Crippen molar-refractivity contribution in [3.05, 3.63) is 53.1 Å². The van der Waals surface area contributed by atoms with Gasteiger partial charge in [-0.1, -0.05) is 18.6 Å². The molecule has 0 bridgehead atoms. The molecule has 0 radical (unpaired) electrons. The third kappa shape index (κ3) is 4.27. The summed E-state index contributed by atoms with van der Waals surface area (Å²) in [4.78, 5) is 15.8. The van der Waals surface area contributed by atoms with Crippen molar-refractivity contribution in [2.24, 2.45) is 5.92 Å². The van der Waals surface area contributed by atoms with Gasteiger partial charge in [0.25, 0.3) is 0 Å². The molecular formula is C23H26N4O4S. The number of benzene rings is 2. The molecule has 1 saturated heterocycles. The quantitative estimate of drug-likeness (QED) is 0.610. The molecule has 8 nitrogen and oxygen atoms in total. The molecule has 0 spiro atoms. The molecule has 5 rings (SSSR count). The fourth-order valence-corrected chi connectivity index (χ4v) is 5.66. The van der Waals surface area contributed by atoms with E-state index in [1.807, 2.05) is 18.2 Å². The van der Waals surface area contributed by atoms with Gasteiger partial charge >= 0.3 is 0 Å². The van der Waals surface area contributed by atoms with Crippen LogP contribution >= 0.6 is 0 Å². The molecule has 3 aromatic rings. The molecule has 168 valence electrons. The Hall–Kier alpha value is -2.78. The van der Waals surface area contributed by atoms with Crippen LogP contribution in [0, 0.1) is 5.92 Å². The molecule has 0 saturated carbocycles. The van der Waals surface area contributed by atoms with Crippen molar-refractivity contribution >= 4 is 32.5 Å². The summed E-state index contributed by atoms with van der Waals surface area (Å²) in [7, 11) is -3.38. The molecule has 9 heteroatoms. The highest BCUT2D eigenvalue weighted by Gasteiger charge is 2.39. The van der Waals surface area contributed by atoms with Gasteiger partial charge < -0.3 is 0 Å². The van der Waals surface area contributed by atoms with E-state index < -0.39 is 10.0 Å². The van der Waals surface area contributed by atoms with Crippen LogP contribution in [0.3, 0.4) is 0 Å². The SMILES string of the molecule is CS(=O)(=O)Nc1ccc2c(c1)C(=O)C(C1CCCCN1CCc1ccc3nonc3c1)C2. The lowest BCUT2D eigenvalue weighted by Gasteiger charge is -2.38. The standard InChI is InChI=1S/C23H26N4O4S/c1-32(29,30)26-17-7-6-16-13-19(23(28)18(16)14-17)22-4-2-3-10-27(22)11-9-15-5-8-20-21(12-15)25-31-24-20/h5-8,12,14,19,22,26H,2-4,9-11,13H2,1H3. The molecule has 2 heterocycles. The highest BCUT2D eigenvalue weighted by molar-refractivity contribution is 7.92. The van der Waals surface area contributed by atoms with Crippen LogP contribution in [0.2, 0.25) is 0 Å². The maximum absolute atomic E-state index is 13.3. The van der Waals surface area contributed by atoms with Crippen LogP contribution < -0.4 is 4.72 Å². The number of fused-ring (bicyclic) bond motifs is 2. The van der Waals surface area contributed by atoms with Crippen LogP contribution in [0.1, 0.15) is 40.7 Å². The highest BCUT2D eigenvalue weighted by atomic mass is 32.2. The number of carbonyl (C=O) groups excluding carboxylic acids is 1. The van der Waals surface area contributed by atoms with Crippen LogP contribution in [-0.4, -0.2) is 54.8 Å². The number of nitrogens with one attached hydrogen (secondary N) is 1. The second-order valence-corrected chi connectivity index (χ2v) is 10.6. The summed E-state index contributed by atoms with van der Waals surface area (Å²) in [5, 5.41) is 7.78. The summed E-state index contributed by atoms with van der Waals surface area (Å²) in [6, 6.07) is 11.5. The number of aromatic nitrogens is 2. The van der Waals surface area contributed by atoms with E-state index in [0.717, 1.165) is 61.6 Å². The normalized spacial score (nSPS) is 21.7. The van der Waals surface area contributed by atoms with E-state index in [9.17, 15) is 13.2 Å². The second-order valence-electron chi connectivity index (χ2n) is 8.86. The smallest absolute Gasteiger partial charge is 0.229 e. The summed E-state index contributed by atoms with van der Waals surface area (Å²) < 4.78 is 30.4. The van der Waals surface area contributed by atoms with Crippen molar-refractivity contribution in [2.75, 3.05) is 24.1 Å². The lowest BCUT2D eigenvalue weighted by atomic mass is 9.87. The molecule has 1 aliphatic heterocycles. The minimum atomic E-state index is -3.38. The molecule has 1 N–H and O–H groups in total. The van der Waals surface area contributed by atoms with Crippen LogP contribution in [0.5, 0.6) is 0 Å². The largest absolute Gasteiger partial charge is 0.299 e. The number of ketones is 1. The van der Waals surface area contributed by atoms with Crippen LogP contribution in [0.25, 0.3) is 11.0 Å². The Labute approximate surface area is 187 Å². The molecule has 1 aliphatic carbocycles. The fourth-order valence-electron chi connectivity index (χ4n) is 5.11. The minimum absolute atomic E-state index is 0.0824. The Morgan fingerprint density at radius 3 is 2.81 bits per heavy atom. The van der Waals surface area contributed by atoms with Crippen LogP contribution in [0.4, 0.5) is 5.69 Å². The molecule has 2 aliphatic rings. The van der Waals surface area contributed by atoms with Crippen molar-refractivity contribution in [1.29, 1.82) is 0 Å². The Morgan fingerprint density at radius 1 is 1.12 bits per heavy atom. The maximum atomic E-state index is 13.3. The zero-order valence-corrected chi connectivity index (χ0v) is 18.8. The van der Waals surface area contributed by atoms with Gasteiger partial charge in [0.05, 0.1) is 6.26 Å². The van der Waals surface area contributed by atoms with Gasteiger partial charge in [0.15, 0.2) is 5.78 Å². The maximum Gasteiger partial charge on any atom is 0.229 e. The van der Waals surface area contributed by atoms with Crippen molar-refractivity contribution < 1.29 is 17.8 Å². The van der Waals surface area contributed by atoms with Gasteiger partial charge in [-0.05, 0) is 77.9 Å². The number of hydrogen-bond acceptors (Lipinski definition) is 7. The summed E-state index contributed by atoms with van der Waals surface area (Å²) in [5.74, 6) is 0.0464. The third-order valence-electron chi connectivity index (χ3n) is 6.59. The van der Waals surface area contributed by atoms with E-state index in [0.29, 0.717) is 17.7 Å². The lowest BCUT2D eigenvalue weighted by molar-refractivity contribution is 0.0709. The third-order valence-corrected chi connectivity index (χ3v) is 7.20. The van der Waals surface area contributed by atoms with Gasteiger partial charge in [0.2, 0.25) is 10.0 Å². The predicted octanol–water partition coefficient (Wildman–Crippen LogP) is 3.05. The Balaban J connectivity index is 1.31. The summed E-state index contributed by atoms with van der Waals surface area (Å²) >= 11 is 0. The number of Topliss-reactive ketones (excluding diaryl/α,β-unsaturated/α-hetero) is 1. The molecule has 0 amide bonds. The first-order chi connectivity index (χ1) is 15.4. The molecule has 32 heavy (non-hydrogen) atoms. The molecule has 2 aromatic carbocycles. The molecular weight excluding hydrogens is 428 g/mol. The van der Waals surface area contributed by atoms with Crippen molar-refractivity contribution in [3.8, 4) is 0 Å². The summed E-state index contributed by atoms with van der Waals surface area (Å²) in [5.41, 5.74) is 4.79. The zero-order chi connectivity index (χ0) is 22.3. The van der Waals surface area contributed by atoms with E-state index in [2.05, 4.69) is 26.0 Å². The Bertz CT molecular complexity index is 1270. The number of nitrogens with zero attached hydrogens (tertiary/aromatic N) is 3. The Kier molecular flexibility index (Phi) is 5.46. The van der Waals surface area contributed by atoms with Crippen molar-refractivity contribution in [1.82, 2.24) is 15.2 Å². The number of sulfonamides is 1. The van der Waals surface area contributed by atoms with Crippen molar-refractivity contribution in [3.63, 3.8) is 0 Å². The number of carbonyl (C=O) groups is 1. The van der Waals surface area contributed by atoms with Gasteiger partial charge in [-0.2, -0.15) is 0 Å². The minimum Gasteiger partial charge on any atom is -0.299 e. The summed E-state index contributed by atoms with van der Waals surface area (Å²) in [6.07, 6.45) is 5.96. The number of hydrogen-bond donors (Lipinski definition) is 1. The van der Waals surface area contributed by atoms with E-state index in [4.69, 9.17) is 4.63 Å². The average Bonchev–Trinajstić information content (AvgIpc) is 3.35. The van der Waals surface area contributed by atoms with Gasteiger partial charge in [-0.25, -0.2) is 13.0 Å². The Morgan fingerprint density at radius 2 is 1.97 bits per heavy atom. The first-order valence-electron chi connectivity index (χ1n) is 11.0. The van der Waals surface area contributed by atoms with Crippen LogP contribution in [-0.2, 0) is 22.9 Å². The van der Waals surface area contributed by atoms with E-state index in [1.165, 1.54) is 5.56 Å². The monoisotopic (exact) mass is 454 g/mol. The zero-order valence-electron chi connectivity index (χ0n) is 18.0. The topological polar surface area (TPSA) is 105 Å². The van der Waals surface area contributed by atoms with Gasteiger partial charge in [-0.3, -0.25) is 14.4 Å². The first-order valence-corrected chi connectivity index (χ1v) is 12.9. The number of rotatable bonds is 6. The number of anilines is 1. The van der Waals surface area contributed by atoms with Gasteiger partial charge in [-0.15, -0.1) is 0 Å². The average molecular weight is 455 g/mol. The van der Waals surface area contributed by atoms with Crippen LogP contribution in [0.15, 0.2) is 41.0 Å². The van der Waals surface area contributed by atoms with Gasteiger partial charge in [0.1, 0.15) is 11.0 Å². The number of piperidine rings is 1. The summed E-state index contributed by atoms with van der Waals surface area (Å²) in [6.45, 7) is 1.86. The molecule has 1 fully saturated rings. The lowest BCUT2D eigenvalue weighted by Crippen LogP contribution is -2.46. The van der Waals surface area contributed by atoms with E-state index in [-0.39, 0.29) is 17.7 Å². The fraction of sp³-hybridized carbons (Fsp3) is 0.435. The molecule has 2 unspecified atom stereocenters. The van der Waals surface area contributed by atoms with E-state index >= 15 is 0 Å². The van der Waals surface area contributed by atoms with Crippen molar-refractivity contribution in [2.45, 2.75) is 38.1 Å². The predicted molar refractivity (Wildman–Crippen MR) is 121 cm³/mol. The van der Waals surface area contributed by atoms with Gasteiger partial charge in [0, 0.05) is 29.8 Å². The molecule has 2 atom stereocenters. The first kappa shape index (κ1) is 21.1. The highest BCUT2D eigenvalue weighted by Crippen LogP contribution is 2.36. The number of likely N-dealkylation sites (tertiary alicyclic amines) is 1.